The van der Waals surface area contributed by atoms with Crippen LogP contribution in [0.1, 0.15) is 13.3 Å². The third kappa shape index (κ3) is 4.36. The van der Waals surface area contributed by atoms with Crippen LogP contribution in [0.4, 0.5) is 5.69 Å². The number of nitrogens with one attached hydrogen (secondary N) is 2. The lowest BCUT2D eigenvalue weighted by molar-refractivity contribution is -0.122. The summed E-state index contributed by atoms with van der Waals surface area (Å²) in [6.07, 6.45) is 0.0437. The Morgan fingerprint density at radius 3 is 2.95 bits per heavy atom. The van der Waals surface area contributed by atoms with E-state index in [4.69, 9.17) is 23.2 Å². The van der Waals surface area contributed by atoms with Gasteiger partial charge in [0.1, 0.15) is 5.25 Å². The molecule has 1 aliphatic heterocycles. The smallest absolute Gasteiger partial charge is 0.240 e. The van der Waals surface area contributed by atoms with Crippen molar-refractivity contribution in [2.75, 3.05) is 11.9 Å². The van der Waals surface area contributed by atoms with Crippen molar-refractivity contribution in [3.63, 3.8) is 0 Å². The standard InChI is InChI=1S/C13H13Cl2N3O2S/c1-2-16-13-18-12(20)10(21-13)6-11(19)17-9-5-7(14)3-4-8(9)15/h3-5,10H,2,6H2,1H3,(H,17,19)(H,16,18,20)/t10-/m0/s1. The van der Waals surface area contributed by atoms with Gasteiger partial charge in [0.05, 0.1) is 10.7 Å². The van der Waals surface area contributed by atoms with E-state index >= 15 is 0 Å². The molecule has 1 aliphatic rings. The number of halogens is 2. The van der Waals surface area contributed by atoms with Crippen LogP contribution in [-0.2, 0) is 9.59 Å². The number of rotatable bonds is 4. The number of hydrogen-bond donors (Lipinski definition) is 2. The Balaban J connectivity index is 1.98. The van der Waals surface area contributed by atoms with E-state index in [-0.39, 0.29) is 18.2 Å². The number of amidine groups is 1. The number of hydrogen-bond acceptors (Lipinski definition) is 4. The summed E-state index contributed by atoms with van der Waals surface area (Å²) in [7, 11) is 0. The lowest BCUT2D eigenvalue weighted by Crippen LogP contribution is -2.28. The van der Waals surface area contributed by atoms with Gasteiger partial charge in [-0.1, -0.05) is 35.0 Å². The molecule has 1 aromatic carbocycles. The first-order chi connectivity index (χ1) is 9.99. The highest BCUT2D eigenvalue weighted by Gasteiger charge is 2.31. The summed E-state index contributed by atoms with van der Waals surface area (Å²) in [5, 5.41) is 6.24. The summed E-state index contributed by atoms with van der Waals surface area (Å²) < 4.78 is 0. The predicted molar refractivity (Wildman–Crippen MR) is 87.2 cm³/mol. The Labute approximate surface area is 136 Å². The van der Waals surface area contributed by atoms with Gasteiger partial charge in [0.25, 0.3) is 0 Å². The van der Waals surface area contributed by atoms with E-state index < -0.39 is 5.25 Å². The molecule has 0 radical (unpaired) electrons. The van der Waals surface area contributed by atoms with Gasteiger partial charge in [0.15, 0.2) is 5.17 Å². The zero-order valence-corrected chi connectivity index (χ0v) is 13.5. The van der Waals surface area contributed by atoms with Crippen molar-refractivity contribution in [1.82, 2.24) is 5.32 Å². The number of thioether (sulfide) groups is 1. The molecule has 0 saturated carbocycles. The fourth-order valence-corrected chi connectivity index (χ4v) is 3.09. The minimum absolute atomic E-state index is 0.0437. The first kappa shape index (κ1) is 16.1. The molecular formula is C13H13Cl2N3O2S. The molecule has 2 amide bonds. The van der Waals surface area contributed by atoms with Gasteiger partial charge >= 0.3 is 0 Å². The van der Waals surface area contributed by atoms with Gasteiger partial charge in [-0.3, -0.25) is 14.6 Å². The second kappa shape index (κ2) is 7.15. The number of carbonyl (C=O) groups excluding carboxylic acids is 2. The molecule has 21 heavy (non-hydrogen) atoms. The average Bonchev–Trinajstić information content (AvgIpc) is 2.74. The van der Waals surface area contributed by atoms with Crippen molar-refractivity contribution in [1.29, 1.82) is 0 Å². The summed E-state index contributed by atoms with van der Waals surface area (Å²) in [5.74, 6) is -0.510. The van der Waals surface area contributed by atoms with Gasteiger partial charge in [-0.15, -0.1) is 0 Å². The van der Waals surface area contributed by atoms with E-state index in [0.29, 0.717) is 27.4 Å². The summed E-state index contributed by atoms with van der Waals surface area (Å²) >= 11 is 13.1. The molecular weight excluding hydrogens is 333 g/mol. The maximum atomic E-state index is 12.0. The lowest BCUT2D eigenvalue weighted by atomic mass is 10.2. The van der Waals surface area contributed by atoms with Gasteiger partial charge in [0, 0.05) is 18.0 Å². The molecule has 0 unspecified atom stereocenters. The fraction of sp³-hybridized carbons (Fsp3) is 0.308. The van der Waals surface area contributed by atoms with E-state index in [1.54, 1.807) is 18.2 Å². The van der Waals surface area contributed by atoms with E-state index in [2.05, 4.69) is 15.6 Å². The second-order valence-corrected chi connectivity index (χ2v) is 6.29. The molecule has 0 aliphatic carbocycles. The molecule has 1 heterocycles. The van der Waals surface area contributed by atoms with Crippen LogP contribution in [0.5, 0.6) is 0 Å². The van der Waals surface area contributed by atoms with Gasteiger partial charge in [0.2, 0.25) is 11.8 Å². The van der Waals surface area contributed by atoms with Crippen molar-refractivity contribution in [3.05, 3.63) is 28.2 Å². The van der Waals surface area contributed by atoms with Crippen molar-refractivity contribution in [3.8, 4) is 0 Å². The summed E-state index contributed by atoms with van der Waals surface area (Å²) in [6, 6.07) is 4.80. The van der Waals surface area contributed by atoms with Crippen LogP contribution in [0.15, 0.2) is 23.2 Å². The third-order valence-corrected chi connectivity index (χ3v) is 4.34. The Hall–Kier alpha value is -1.24. The second-order valence-electron chi connectivity index (χ2n) is 4.25. The average molecular weight is 346 g/mol. The minimum Gasteiger partial charge on any atom is -0.325 e. The molecule has 0 spiro atoms. The molecule has 5 nitrogen and oxygen atoms in total. The van der Waals surface area contributed by atoms with Crippen LogP contribution in [0.25, 0.3) is 0 Å². The van der Waals surface area contributed by atoms with Crippen LogP contribution in [0.3, 0.4) is 0 Å². The van der Waals surface area contributed by atoms with Crippen molar-refractivity contribution >= 4 is 57.6 Å². The molecule has 2 rings (SSSR count). The Morgan fingerprint density at radius 1 is 1.48 bits per heavy atom. The highest BCUT2D eigenvalue weighted by atomic mass is 35.5. The maximum absolute atomic E-state index is 12.0. The lowest BCUT2D eigenvalue weighted by Gasteiger charge is -2.09. The van der Waals surface area contributed by atoms with Crippen molar-refractivity contribution in [2.45, 2.75) is 18.6 Å². The van der Waals surface area contributed by atoms with Crippen LogP contribution < -0.4 is 10.6 Å². The van der Waals surface area contributed by atoms with Crippen molar-refractivity contribution < 1.29 is 9.59 Å². The predicted octanol–water partition coefficient (Wildman–Crippen LogP) is 2.93. The Bertz CT molecular complexity index is 607. The molecule has 1 aromatic rings. The first-order valence-corrected chi connectivity index (χ1v) is 7.90. The van der Waals surface area contributed by atoms with Crippen molar-refractivity contribution in [2.24, 2.45) is 4.99 Å². The highest BCUT2D eigenvalue weighted by Crippen LogP contribution is 2.27. The zero-order valence-electron chi connectivity index (χ0n) is 11.2. The molecule has 0 aromatic heterocycles. The fourth-order valence-electron chi connectivity index (χ4n) is 1.72. The molecule has 2 N–H and O–H groups in total. The van der Waals surface area contributed by atoms with Gasteiger partial charge in [-0.25, -0.2) is 0 Å². The zero-order chi connectivity index (χ0) is 15.4. The number of anilines is 1. The first-order valence-electron chi connectivity index (χ1n) is 6.26. The van der Waals surface area contributed by atoms with Gasteiger partial charge in [-0.2, -0.15) is 0 Å². The largest absolute Gasteiger partial charge is 0.325 e. The SMILES string of the molecule is CCN=C1NC(=O)[C@H](CC(=O)Nc2cc(Cl)ccc2Cl)S1. The van der Waals surface area contributed by atoms with Crippen LogP contribution >= 0.6 is 35.0 Å². The normalized spacial score (nSPS) is 19.7. The molecule has 8 heteroatoms. The van der Waals surface area contributed by atoms with E-state index in [0.717, 1.165) is 0 Å². The number of benzene rings is 1. The quantitative estimate of drug-likeness (QED) is 0.881. The van der Waals surface area contributed by atoms with Crippen LogP contribution in [0, 0.1) is 0 Å². The monoisotopic (exact) mass is 345 g/mol. The molecule has 112 valence electrons. The third-order valence-electron chi connectivity index (χ3n) is 2.65. The molecule has 1 fully saturated rings. The number of amides is 2. The highest BCUT2D eigenvalue weighted by molar-refractivity contribution is 8.15. The Kier molecular flexibility index (Phi) is 5.50. The number of carbonyl (C=O) groups is 2. The maximum Gasteiger partial charge on any atom is 0.240 e. The molecule has 1 saturated heterocycles. The summed E-state index contributed by atoms with van der Waals surface area (Å²) in [6.45, 7) is 2.46. The topological polar surface area (TPSA) is 70.6 Å². The molecule has 0 bridgehead atoms. The van der Waals surface area contributed by atoms with Crippen LogP contribution in [0.2, 0.25) is 10.0 Å². The minimum atomic E-state index is -0.478. The summed E-state index contributed by atoms with van der Waals surface area (Å²) in [5.41, 5.74) is 0.431. The number of aliphatic imine (C=N–C) groups is 1. The Morgan fingerprint density at radius 2 is 2.24 bits per heavy atom. The molecule has 1 atom stereocenters. The summed E-state index contributed by atoms with van der Waals surface area (Å²) in [4.78, 5) is 27.8. The van der Waals surface area contributed by atoms with E-state index in [1.807, 2.05) is 6.92 Å². The number of nitrogens with zero attached hydrogens (tertiary/aromatic N) is 1. The van der Waals surface area contributed by atoms with Crippen LogP contribution in [-0.4, -0.2) is 28.8 Å². The van der Waals surface area contributed by atoms with Gasteiger partial charge in [-0.05, 0) is 25.1 Å². The van der Waals surface area contributed by atoms with E-state index in [9.17, 15) is 9.59 Å². The van der Waals surface area contributed by atoms with E-state index in [1.165, 1.54) is 11.8 Å². The van der Waals surface area contributed by atoms with Gasteiger partial charge < -0.3 is 10.6 Å².